The lowest BCUT2D eigenvalue weighted by Gasteiger charge is -2.09. The van der Waals surface area contributed by atoms with Gasteiger partial charge in [0.1, 0.15) is 0 Å². The fraction of sp³-hybridized carbons (Fsp3) is 0.238. The van der Waals surface area contributed by atoms with Crippen LogP contribution in [0.3, 0.4) is 0 Å². The normalized spacial score (nSPS) is 10.9. The van der Waals surface area contributed by atoms with Gasteiger partial charge in [-0.3, -0.25) is 19.0 Å². The quantitative estimate of drug-likeness (QED) is 0.650. The zero-order valence-corrected chi connectivity index (χ0v) is 16.2. The number of fused-ring (bicyclic) bond motifs is 1. The average Bonchev–Trinajstić information content (AvgIpc) is 2.84. The highest BCUT2D eigenvalue weighted by atomic mass is 35.5. The van der Waals surface area contributed by atoms with Gasteiger partial charge in [-0.25, -0.2) is 0 Å². The number of carbonyl (C=O) groups is 1. The van der Waals surface area contributed by atoms with E-state index >= 15 is 0 Å². The van der Waals surface area contributed by atoms with Gasteiger partial charge >= 0.3 is 0 Å². The number of nitrogens with one attached hydrogen (secondary N) is 1. The molecule has 3 rings (SSSR count). The molecular formula is C21H22ClN3O2. The van der Waals surface area contributed by atoms with Crippen molar-refractivity contribution >= 4 is 34.1 Å². The maximum atomic E-state index is 12.5. The van der Waals surface area contributed by atoms with Crippen LogP contribution >= 0.6 is 11.6 Å². The second-order valence-electron chi connectivity index (χ2n) is 6.75. The van der Waals surface area contributed by atoms with Gasteiger partial charge in [-0.1, -0.05) is 35.9 Å². The van der Waals surface area contributed by atoms with Crippen LogP contribution in [0.5, 0.6) is 0 Å². The summed E-state index contributed by atoms with van der Waals surface area (Å²) < 4.78 is 3.45. The molecule has 3 aromatic rings. The van der Waals surface area contributed by atoms with Crippen LogP contribution in [0.25, 0.3) is 10.9 Å². The third kappa shape index (κ3) is 4.31. The molecule has 27 heavy (non-hydrogen) atoms. The smallest absolute Gasteiger partial charge is 0.274 e. The molecule has 1 heterocycles. The summed E-state index contributed by atoms with van der Waals surface area (Å²) in [6.45, 7) is 6.41. The number of hydrogen-bond acceptors (Lipinski definition) is 2. The number of anilines is 1. The predicted octanol–water partition coefficient (Wildman–Crippen LogP) is 4.14. The van der Waals surface area contributed by atoms with Gasteiger partial charge in [-0.15, -0.1) is 0 Å². The van der Waals surface area contributed by atoms with Gasteiger partial charge in [0.25, 0.3) is 5.56 Å². The molecule has 0 unspecified atom stereocenters. The molecule has 2 aromatic carbocycles. The molecule has 0 aliphatic rings. The van der Waals surface area contributed by atoms with Gasteiger partial charge in [-0.2, -0.15) is 0 Å². The molecule has 0 saturated carbocycles. The van der Waals surface area contributed by atoms with Gasteiger partial charge in [-0.05, 0) is 49.2 Å². The number of amides is 1. The van der Waals surface area contributed by atoms with Gasteiger partial charge in [0.15, 0.2) is 0 Å². The molecule has 0 bridgehead atoms. The Kier molecular flexibility index (Phi) is 5.51. The molecule has 0 radical (unpaired) electrons. The van der Waals surface area contributed by atoms with E-state index in [2.05, 4.69) is 11.9 Å². The monoisotopic (exact) mass is 383 g/mol. The van der Waals surface area contributed by atoms with E-state index in [1.807, 2.05) is 41.9 Å². The topological polar surface area (TPSA) is 56.0 Å². The van der Waals surface area contributed by atoms with Crippen LogP contribution in [0.15, 0.2) is 59.4 Å². The van der Waals surface area contributed by atoms with E-state index in [4.69, 9.17) is 11.6 Å². The highest BCUT2D eigenvalue weighted by Gasteiger charge is 2.12. The number of halogens is 1. The second kappa shape index (κ2) is 7.84. The van der Waals surface area contributed by atoms with Crippen LogP contribution < -0.4 is 10.9 Å². The molecular weight excluding hydrogens is 362 g/mol. The minimum absolute atomic E-state index is 0.0960. The largest absolute Gasteiger partial charge is 0.326 e. The first-order valence-corrected chi connectivity index (χ1v) is 9.11. The van der Waals surface area contributed by atoms with Crippen molar-refractivity contribution in [3.63, 3.8) is 0 Å². The minimum Gasteiger partial charge on any atom is -0.326 e. The summed E-state index contributed by atoms with van der Waals surface area (Å²) >= 11 is 5.97. The molecule has 0 saturated heterocycles. The first kappa shape index (κ1) is 19.0. The summed E-state index contributed by atoms with van der Waals surface area (Å²) in [5.74, 6) is -0.104. The lowest BCUT2D eigenvalue weighted by Crippen LogP contribution is -2.19. The van der Waals surface area contributed by atoms with Crippen LogP contribution in [0, 0.1) is 0 Å². The lowest BCUT2D eigenvalue weighted by atomic mass is 10.1. The Balaban J connectivity index is 1.75. The Morgan fingerprint density at radius 1 is 1.22 bits per heavy atom. The van der Waals surface area contributed by atoms with E-state index in [1.54, 1.807) is 23.9 Å². The number of benzene rings is 2. The summed E-state index contributed by atoms with van der Waals surface area (Å²) in [5.41, 5.74) is 3.31. The molecule has 1 N–H and O–H groups in total. The second-order valence-corrected chi connectivity index (χ2v) is 7.19. The van der Waals surface area contributed by atoms with Crippen LogP contribution in [-0.4, -0.2) is 15.3 Å². The molecule has 0 spiro atoms. The number of carbonyl (C=O) groups excluding carboxylic acids is 1. The molecule has 5 nitrogen and oxygen atoms in total. The Hall–Kier alpha value is -2.79. The van der Waals surface area contributed by atoms with Crippen molar-refractivity contribution in [2.75, 3.05) is 5.32 Å². The summed E-state index contributed by atoms with van der Waals surface area (Å²) in [7, 11) is 1.73. The van der Waals surface area contributed by atoms with E-state index in [0.29, 0.717) is 35.5 Å². The lowest BCUT2D eigenvalue weighted by molar-refractivity contribution is -0.116. The maximum absolute atomic E-state index is 12.5. The van der Waals surface area contributed by atoms with Crippen LogP contribution in [0.4, 0.5) is 5.69 Å². The number of nitrogens with zero attached hydrogens (tertiary/aromatic N) is 2. The van der Waals surface area contributed by atoms with E-state index in [9.17, 15) is 9.59 Å². The fourth-order valence-electron chi connectivity index (χ4n) is 3.08. The zero-order chi connectivity index (χ0) is 19.6. The molecule has 1 aromatic heterocycles. The predicted molar refractivity (Wildman–Crippen MR) is 110 cm³/mol. The van der Waals surface area contributed by atoms with Gasteiger partial charge < -0.3 is 5.32 Å². The third-order valence-electron chi connectivity index (χ3n) is 4.39. The van der Waals surface area contributed by atoms with Crippen LogP contribution in [0.2, 0.25) is 5.02 Å². The zero-order valence-electron chi connectivity index (χ0n) is 15.5. The summed E-state index contributed by atoms with van der Waals surface area (Å²) in [4.78, 5) is 24.8. The molecule has 0 atom stereocenters. The van der Waals surface area contributed by atoms with E-state index < -0.39 is 0 Å². The highest BCUT2D eigenvalue weighted by Crippen LogP contribution is 2.19. The van der Waals surface area contributed by atoms with Gasteiger partial charge in [0, 0.05) is 24.2 Å². The van der Waals surface area contributed by atoms with E-state index in [-0.39, 0.29) is 11.5 Å². The van der Waals surface area contributed by atoms with Crippen molar-refractivity contribution in [2.45, 2.75) is 26.3 Å². The molecule has 0 aliphatic carbocycles. The average molecular weight is 384 g/mol. The van der Waals surface area contributed by atoms with Crippen LogP contribution in [-0.2, 0) is 24.8 Å². The SMILES string of the molecule is C=C(C)Cn1c2ccc(NC(=O)CCc3cccc(Cl)c3)cc2c(=O)n1C. The third-order valence-corrected chi connectivity index (χ3v) is 4.63. The number of hydrogen-bond donors (Lipinski definition) is 1. The van der Waals surface area contributed by atoms with Crippen molar-refractivity contribution in [3.8, 4) is 0 Å². The van der Waals surface area contributed by atoms with Crippen LogP contribution in [0.1, 0.15) is 18.9 Å². The fourth-order valence-corrected chi connectivity index (χ4v) is 3.29. The van der Waals surface area contributed by atoms with Crippen molar-refractivity contribution in [2.24, 2.45) is 7.05 Å². The molecule has 1 amide bonds. The number of aryl methyl sites for hydroxylation is 1. The van der Waals surface area contributed by atoms with Crippen molar-refractivity contribution in [1.82, 2.24) is 9.36 Å². The van der Waals surface area contributed by atoms with E-state index in [0.717, 1.165) is 16.7 Å². The van der Waals surface area contributed by atoms with Crippen molar-refractivity contribution < 1.29 is 4.79 Å². The molecule has 0 aliphatic heterocycles. The first-order valence-electron chi connectivity index (χ1n) is 8.73. The van der Waals surface area contributed by atoms with Crippen molar-refractivity contribution in [1.29, 1.82) is 0 Å². The Labute approximate surface area is 162 Å². The Morgan fingerprint density at radius 3 is 2.70 bits per heavy atom. The Morgan fingerprint density at radius 2 is 2.00 bits per heavy atom. The highest BCUT2D eigenvalue weighted by molar-refractivity contribution is 6.30. The standard InChI is InChI=1S/C21H22ClN3O2/c1-14(2)13-25-19-9-8-17(12-18(19)21(27)24(25)3)23-20(26)10-7-15-5-4-6-16(22)11-15/h4-6,8-9,11-12H,1,7,10,13H2,2-3H3,(H,23,26). The minimum atomic E-state index is -0.104. The Bertz CT molecular complexity index is 1080. The van der Waals surface area contributed by atoms with E-state index in [1.165, 1.54) is 0 Å². The van der Waals surface area contributed by atoms with Crippen molar-refractivity contribution in [3.05, 3.63) is 75.6 Å². The summed E-state index contributed by atoms with van der Waals surface area (Å²) in [6.07, 6.45) is 0.943. The summed E-state index contributed by atoms with van der Waals surface area (Å²) in [6, 6.07) is 12.9. The number of allylic oxidation sites excluding steroid dienone is 1. The first-order chi connectivity index (χ1) is 12.8. The van der Waals surface area contributed by atoms with Gasteiger partial charge in [0.2, 0.25) is 5.91 Å². The number of aromatic nitrogens is 2. The maximum Gasteiger partial charge on any atom is 0.274 e. The number of rotatable bonds is 6. The molecule has 140 valence electrons. The molecule has 6 heteroatoms. The van der Waals surface area contributed by atoms with Gasteiger partial charge in [0.05, 0.1) is 17.4 Å². The molecule has 0 fully saturated rings. The summed E-state index contributed by atoms with van der Waals surface area (Å²) in [5, 5.41) is 4.10.